The number of aromatic nitrogens is 3. The van der Waals surface area contributed by atoms with Crippen molar-refractivity contribution < 1.29 is 14.3 Å². The van der Waals surface area contributed by atoms with Gasteiger partial charge >= 0.3 is 0 Å². The van der Waals surface area contributed by atoms with Gasteiger partial charge in [-0.25, -0.2) is 9.97 Å². The number of pyridine rings is 3. The second-order valence-electron chi connectivity index (χ2n) is 7.25. The monoisotopic (exact) mass is 432 g/mol. The van der Waals surface area contributed by atoms with Gasteiger partial charge in [0.1, 0.15) is 17.6 Å². The molecule has 0 aliphatic carbocycles. The van der Waals surface area contributed by atoms with E-state index in [0.29, 0.717) is 36.8 Å². The molecule has 2 N–H and O–H groups in total. The molecule has 9 nitrogen and oxygen atoms in total. The summed E-state index contributed by atoms with van der Waals surface area (Å²) < 4.78 is 5.93. The molecule has 1 fully saturated rings. The molecule has 1 aliphatic heterocycles. The summed E-state index contributed by atoms with van der Waals surface area (Å²) in [5.41, 5.74) is 3.17. The van der Waals surface area contributed by atoms with Crippen molar-refractivity contribution in [3.63, 3.8) is 0 Å². The van der Waals surface area contributed by atoms with Gasteiger partial charge in [0.05, 0.1) is 24.5 Å². The van der Waals surface area contributed by atoms with Crippen LogP contribution in [0, 0.1) is 0 Å². The van der Waals surface area contributed by atoms with Crippen molar-refractivity contribution in [2.24, 2.45) is 0 Å². The highest BCUT2D eigenvalue weighted by Crippen LogP contribution is 2.25. The zero-order valence-corrected chi connectivity index (χ0v) is 17.9. The largest absolute Gasteiger partial charge is 0.373 e. The molecule has 0 radical (unpaired) electrons. The number of ether oxygens (including phenoxy) is 1. The van der Waals surface area contributed by atoms with Crippen LogP contribution in [0.25, 0.3) is 11.3 Å². The zero-order valence-electron chi connectivity index (χ0n) is 17.9. The molecule has 1 atom stereocenters. The molecule has 164 valence electrons. The van der Waals surface area contributed by atoms with Gasteiger partial charge in [0.25, 0.3) is 11.8 Å². The Bertz CT molecular complexity index is 1120. The first-order valence-corrected chi connectivity index (χ1v) is 10.3. The van der Waals surface area contributed by atoms with Crippen molar-refractivity contribution in [3.8, 4) is 11.3 Å². The second kappa shape index (κ2) is 9.52. The molecule has 0 unspecified atom stereocenters. The molecule has 3 aromatic rings. The lowest BCUT2D eigenvalue weighted by Gasteiger charge is -2.33. The topological polar surface area (TPSA) is 109 Å². The van der Waals surface area contributed by atoms with Gasteiger partial charge in [0.15, 0.2) is 0 Å². The molecule has 0 bridgehead atoms. The first-order valence-electron chi connectivity index (χ1n) is 10.3. The van der Waals surface area contributed by atoms with E-state index in [-0.39, 0.29) is 17.9 Å². The SMILES string of the molecule is CNC(=O)c1ccc(-c2cccc([C@@H]3CN(C(=O)c4ccnc(NC)c4)CCO3)n2)cn1. The number of hydrogen-bond acceptors (Lipinski definition) is 7. The van der Waals surface area contributed by atoms with E-state index in [9.17, 15) is 9.59 Å². The van der Waals surface area contributed by atoms with Crippen LogP contribution in [0.15, 0.2) is 54.9 Å². The average molecular weight is 432 g/mol. The van der Waals surface area contributed by atoms with Gasteiger partial charge in [-0.05, 0) is 36.4 Å². The van der Waals surface area contributed by atoms with Crippen molar-refractivity contribution in [2.45, 2.75) is 6.10 Å². The van der Waals surface area contributed by atoms with E-state index < -0.39 is 0 Å². The van der Waals surface area contributed by atoms with Gasteiger partial charge < -0.3 is 20.3 Å². The lowest BCUT2D eigenvalue weighted by atomic mass is 10.1. The molecule has 3 aromatic heterocycles. The van der Waals surface area contributed by atoms with Crippen molar-refractivity contribution in [1.82, 2.24) is 25.2 Å². The van der Waals surface area contributed by atoms with Gasteiger partial charge in [-0.3, -0.25) is 14.6 Å². The van der Waals surface area contributed by atoms with Crippen LogP contribution >= 0.6 is 0 Å². The third-order valence-electron chi connectivity index (χ3n) is 5.24. The van der Waals surface area contributed by atoms with E-state index in [1.54, 1.807) is 49.6 Å². The highest BCUT2D eigenvalue weighted by Gasteiger charge is 2.27. The Balaban J connectivity index is 1.51. The minimum atomic E-state index is -0.337. The average Bonchev–Trinajstić information content (AvgIpc) is 2.88. The molecule has 0 aromatic carbocycles. The molecule has 2 amide bonds. The highest BCUT2D eigenvalue weighted by atomic mass is 16.5. The van der Waals surface area contributed by atoms with Crippen LogP contribution in [0.3, 0.4) is 0 Å². The maximum atomic E-state index is 13.0. The van der Waals surface area contributed by atoms with Crippen LogP contribution in [-0.2, 0) is 4.74 Å². The lowest BCUT2D eigenvalue weighted by molar-refractivity contribution is -0.0246. The van der Waals surface area contributed by atoms with Gasteiger partial charge in [0, 0.05) is 44.2 Å². The number of rotatable bonds is 5. The van der Waals surface area contributed by atoms with E-state index in [0.717, 1.165) is 17.0 Å². The third kappa shape index (κ3) is 4.57. The van der Waals surface area contributed by atoms with Crippen LogP contribution in [0.5, 0.6) is 0 Å². The molecule has 0 saturated carbocycles. The lowest BCUT2D eigenvalue weighted by Crippen LogP contribution is -2.42. The molecule has 9 heteroatoms. The summed E-state index contributed by atoms with van der Waals surface area (Å²) in [6.07, 6.45) is 2.90. The molecular weight excluding hydrogens is 408 g/mol. The Morgan fingerprint density at radius 1 is 1.12 bits per heavy atom. The summed E-state index contributed by atoms with van der Waals surface area (Å²) in [5, 5.41) is 5.50. The zero-order chi connectivity index (χ0) is 22.5. The maximum Gasteiger partial charge on any atom is 0.269 e. The number of morpholine rings is 1. The fourth-order valence-corrected chi connectivity index (χ4v) is 3.49. The summed E-state index contributed by atoms with van der Waals surface area (Å²) in [4.78, 5) is 39.6. The first kappa shape index (κ1) is 21.4. The summed E-state index contributed by atoms with van der Waals surface area (Å²) >= 11 is 0. The molecule has 1 aliphatic rings. The van der Waals surface area contributed by atoms with Crippen LogP contribution < -0.4 is 10.6 Å². The van der Waals surface area contributed by atoms with Crippen molar-refractivity contribution >= 4 is 17.6 Å². The molecular formula is C23H24N6O3. The molecule has 4 heterocycles. The number of amides is 2. The number of carbonyl (C=O) groups excluding carboxylic acids is 2. The highest BCUT2D eigenvalue weighted by molar-refractivity contribution is 5.95. The molecule has 0 spiro atoms. The predicted molar refractivity (Wildman–Crippen MR) is 119 cm³/mol. The molecule has 4 rings (SSSR count). The van der Waals surface area contributed by atoms with E-state index in [4.69, 9.17) is 9.72 Å². The van der Waals surface area contributed by atoms with Crippen molar-refractivity contribution in [1.29, 1.82) is 0 Å². The summed E-state index contributed by atoms with van der Waals surface area (Å²) in [5.74, 6) is 0.336. The van der Waals surface area contributed by atoms with Crippen LogP contribution in [0.4, 0.5) is 5.82 Å². The number of nitrogens with one attached hydrogen (secondary N) is 2. The van der Waals surface area contributed by atoms with Gasteiger partial charge in [0.2, 0.25) is 0 Å². The van der Waals surface area contributed by atoms with E-state index in [1.807, 2.05) is 24.3 Å². The van der Waals surface area contributed by atoms with Gasteiger partial charge in [-0.15, -0.1) is 0 Å². The number of hydrogen-bond donors (Lipinski definition) is 2. The van der Waals surface area contributed by atoms with Crippen LogP contribution in [0.2, 0.25) is 0 Å². The minimum Gasteiger partial charge on any atom is -0.373 e. The Hall–Kier alpha value is -3.85. The fraction of sp³-hybridized carbons (Fsp3) is 0.261. The Morgan fingerprint density at radius 2 is 2.00 bits per heavy atom. The van der Waals surface area contributed by atoms with Crippen LogP contribution in [0.1, 0.15) is 32.6 Å². The normalized spacial score (nSPS) is 15.8. The summed E-state index contributed by atoms with van der Waals surface area (Å²) in [6, 6.07) is 12.6. The second-order valence-corrected chi connectivity index (χ2v) is 7.25. The van der Waals surface area contributed by atoms with Gasteiger partial charge in [-0.2, -0.15) is 0 Å². The Labute approximate surface area is 185 Å². The fourth-order valence-electron chi connectivity index (χ4n) is 3.49. The van der Waals surface area contributed by atoms with Gasteiger partial charge in [-0.1, -0.05) is 6.07 Å². The predicted octanol–water partition coefficient (Wildman–Crippen LogP) is 2.15. The number of carbonyl (C=O) groups is 2. The van der Waals surface area contributed by atoms with Crippen molar-refractivity contribution in [3.05, 3.63) is 71.8 Å². The molecule has 1 saturated heterocycles. The Morgan fingerprint density at radius 3 is 2.75 bits per heavy atom. The maximum absolute atomic E-state index is 13.0. The third-order valence-corrected chi connectivity index (χ3v) is 5.24. The Kier molecular flexibility index (Phi) is 6.37. The number of nitrogens with zero attached hydrogens (tertiary/aromatic N) is 4. The summed E-state index contributed by atoms with van der Waals surface area (Å²) in [7, 11) is 3.33. The van der Waals surface area contributed by atoms with Crippen molar-refractivity contribution in [2.75, 3.05) is 39.1 Å². The standard InChI is InChI=1S/C23H24N6O3/c1-24-21-12-15(8-9-26-21)23(31)29-10-11-32-20(14-29)18-5-3-4-17(28-18)16-6-7-19(27-13-16)22(30)25-2/h3-9,12-13,20H,10-11,14H2,1-2H3,(H,24,26)(H,25,30)/t20-/m0/s1. The smallest absolute Gasteiger partial charge is 0.269 e. The first-order chi connectivity index (χ1) is 15.6. The van der Waals surface area contributed by atoms with E-state index in [2.05, 4.69) is 20.6 Å². The van der Waals surface area contributed by atoms with E-state index >= 15 is 0 Å². The summed E-state index contributed by atoms with van der Waals surface area (Å²) in [6.45, 7) is 1.34. The quantitative estimate of drug-likeness (QED) is 0.636. The number of anilines is 1. The van der Waals surface area contributed by atoms with E-state index in [1.165, 1.54) is 0 Å². The van der Waals surface area contributed by atoms with Crippen LogP contribution in [-0.4, -0.2) is 65.5 Å². The minimum absolute atomic E-state index is 0.0673. The molecule has 32 heavy (non-hydrogen) atoms.